The minimum absolute atomic E-state index is 0.799. The summed E-state index contributed by atoms with van der Waals surface area (Å²) in [5.74, 6) is 0.799. The molecule has 1 N–H and O–H groups in total. The van der Waals surface area contributed by atoms with Crippen molar-refractivity contribution < 1.29 is 0 Å². The molecule has 0 rings (SSSR count). The highest BCUT2D eigenvalue weighted by Crippen LogP contribution is 1.99. The third kappa shape index (κ3) is 12.6. The van der Waals surface area contributed by atoms with Gasteiger partial charge in [0.25, 0.3) is 0 Å². The summed E-state index contributed by atoms with van der Waals surface area (Å²) in [4.78, 5) is 2.23. The second kappa shape index (κ2) is 10.9. The molecule has 2 nitrogen and oxygen atoms in total. The van der Waals surface area contributed by atoms with Crippen LogP contribution >= 0.6 is 0 Å². The van der Waals surface area contributed by atoms with E-state index in [0.29, 0.717) is 0 Å². The van der Waals surface area contributed by atoms with Crippen LogP contribution in [-0.2, 0) is 0 Å². The van der Waals surface area contributed by atoms with E-state index >= 15 is 0 Å². The van der Waals surface area contributed by atoms with Crippen molar-refractivity contribution in [3.63, 3.8) is 0 Å². The lowest BCUT2D eigenvalue weighted by Gasteiger charge is -2.14. The van der Waals surface area contributed by atoms with Crippen LogP contribution in [0.25, 0.3) is 0 Å². The number of rotatable bonds is 5. The number of nitrogens with one attached hydrogen (secondary N) is 1. The molecule has 0 aromatic rings. The SMILES string of the molecule is CC.CNCC(C)CCN(C)C. The Morgan fingerprint density at radius 3 is 2.08 bits per heavy atom. The number of hydrogen-bond donors (Lipinski definition) is 1. The van der Waals surface area contributed by atoms with Crippen molar-refractivity contribution >= 4 is 0 Å². The Hall–Kier alpha value is -0.0800. The first-order chi connectivity index (χ1) is 5.66. The molecule has 0 radical (unpaired) electrons. The van der Waals surface area contributed by atoms with E-state index in [2.05, 4.69) is 31.2 Å². The van der Waals surface area contributed by atoms with Gasteiger partial charge in [0.2, 0.25) is 0 Å². The monoisotopic (exact) mass is 174 g/mol. The highest BCUT2D eigenvalue weighted by molar-refractivity contribution is 4.56. The Bertz CT molecular complexity index is 72.2. The van der Waals surface area contributed by atoms with Gasteiger partial charge in [0.15, 0.2) is 0 Å². The summed E-state index contributed by atoms with van der Waals surface area (Å²) in [6.07, 6.45) is 1.29. The molecule has 0 saturated heterocycles. The first-order valence-corrected chi connectivity index (χ1v) is 4.96. The van der Waals surface area contributed by atoms with Crippen molar-refractivity contribution in [1.29, 1.82) is 0 Å². The van der Waals surface area contributed by atoms with Crippen molar-refractivity contribution in [2.75, 3.05) is 34.2 Å². The highest BCUT2D eigenvalue weighted by Gasteiger charge is 1.99. The van der Waals surface area contributed by atoms with Crippen LogP contribution in [0.15, 0.2) is 0 Å². The van der Waals surface area contributed by atoms with Gasteiger partial charge in [-0.25, -0.2) is 0 Å². The quantitative estimate of drug-likeness (QED) is 0.684. The molecule has 1 atom stereocenters. The fourth-order valence-electron chi connectivity index (χ4n) is 0.929. The predicted octanol–water partition coefficient (Wildman–Crippen LogP) is 1.82. The van der Waals surface area contributed by atoms with Crippen molar-refractivity contribution in [3.05, 3.63) is 0 Å². The second-order valence-electron chi connectivity index (χ2n) is 3.25. The summed E-state index contributed by atoms with van der Waals surface area (Å²) in [6.45, 7) is 8.61. The van der Waals surface area contributed by atoms with E-state index in [1.165, 1.54) is 13.0 Å². The normalized spacial score (nSPS) is 12.2. The smallest absolute Gasteiger partial charge is 0.00218 e. The lowest BCUT2D eigenvalue weighted by atomic mass is 10.1. The Morgan fingerprint density at radius 1 is 1.25 bits per heavy atom. The molecule has 0 bridgehead atoms. The van der Waals surface area contributed by atoms with Gasteiger partial charge in [-0.3, -0.25) is 0 Å². The third-order valence-electron chi connectivity index (χ3n) is 1.62. The highest BCUT2D eigenvalue weighted by atomic mass is 15.0. The zero-order chi connectivity index (χ0) is 9.98. The van der Waals surface area contributed by atoms with Crippen LogP contribution in [0.4, 0.5) is 0 Å². The van der Waals surface area contributed by atoms with Crippen molar-refractivity contribution in [2.45, 2.75) is 27.2 Å². The van der Waals surface area contributed by atoms with Gasteiger partial charge in [0, 0.05) is 0 Å². The minimum atomic E-state index is 0.799. The van der Waals surface area contributed by atoms with E-state index in [0.717, 1.165) is 12.5 Å². The summed E-state index contributed by atoms with van der Waals surface area (Å²) in [7, 11) is 6.24. The van der Waals surface area contributed by atoms with Crippen LogP contribution in [0.3, 0.4) is 0 Å². The van der Waals surface area contributed by atoms with Crippen LogP contribution in [0.2, 0.25) is 0 Å². The van der Waals surface area contributed by atoms with Crippen LogP contribution in [0.1, 0.15) is 27.2 Å². The molecule has 2 heteroatoms. The van der Waals surface area contributed by atoms with Crippen LogP contribution < -0.4 is 5.32 Å². The summed E-state index contributed by atoms with van der Waals surface area (Å²) >= 11 is 0. The van der Waals surface area contributed by atoms with Gasteiger partial charge in [-0.05, 0) is 46.6 Å². The molecule has 0 aromatic carbocycles. The molecule has 0 aliphatic rings. The topological polar surface area (TPSA) is 15.3 Å². The van der Waals surface area contributed by atoms with Crippen molar-refractivity contribution in [1.82, 2.24) is 10.2 Å². The van der Waals surface area contributed by atoms with E-state index in [4.69, 9.17) is 0 Å². The van der Waals surface area contributed by atoms with Crippen molar-refractivity contribution in [3.8, 4) is 0 Å². The van der Waals surface area contributed by atoms with E-state index in [9.17, 15) is 0 Å². The zero-order valence-corrected chi connectivity index (χ0v) is 9.65. The maximum absolute atomic E-state index is 3.17. The lowest BCUT2D eigenvalue weighted by molar-refractivity contribution is 0.356. The Morgan fingerprint density at radius 2 is 1.75 bits per heavy atom. The van der Waals surface area contributed by atoms with Crippen LogP contribution in [-0.4, -0.2) is 39.1 Å². The molecule has 0 saturated carbocycles. The number of hydrogen-bond acceptors (Lipinski definition) is 2. The number of nitrogens with zero attached hydrogens (tertiary/aromatic N) is 1. The molecule has 0 aliphatic heterocycles. The van der Waals surface area contributed by atoms with Crippen LogP contribution in [0.5, 0.6) is 0 Å². The minimum Gasteiger partial charge on any atom is -0.319 e. The molecular weight excluding hydrogens is 148 g/mol. The van der Waals surface area contributed by atoms with E-state index in [1.807, 2.05) is 20.9 Å². The van der Waals surface area contributed by atoms with E-state index < -0.39 is 0 Å². The average molecular weight is 174 g/mol. The van der Waals surface area contributed by atoms with E-state index in [1.54, 1.807) is 0 Å². The molecule has 0 spiro atoms. The van der Waals surface area contributed by atoms with Crippen LogP contribution in [0, 0.1) is 5.92 Å². The molecule has 0 fully saturated rings. The Balaban J connectivity index is 0. The first-order valence-electron chi connectivity index (χ1n) is 4.96. The fraction of sp³-hybridized carbons (Fsp3) is 1.00. The van der Waals surface area contributed by atoms with Crippen molar-refractivity contribution in [2.24, 2.45) is 5.92 Å². The fourth-order valence-corrected chi connectivity index (χ4v) is 0.929. The molecule has 76 valence electrons. The maximum atomic E-state index is 3.17. The predicted molar refractivity (Wildman–Crippen MR) is 57.6 cm³/mol. The summed E-state index contributed by atoms with van der Waals surface area (Å²) < 4.78 is 0. The Labute approximate surface area is 78.3 Å². The molecule has 0 amide bonds. The standard InChI is InChI=1S/C8H20N2.C2H6/c1-8(7-9-2)5-6-10(3)4;1-2/h8-9H,5-7H2,1-4H3;1-2H3. The summed E-state index contributed by atoms with van der Waals surface area (Å²) in [5, 5.41) is 3.17. The molecule has 0 heterocycles. The summed E-state index contributed by atoms with van der Waals surface area (Å²) in [6, 6.07) is 0. The van der Waals surface area contributed by atoms with Gasteiger partial charge < -0.3 is 10.2 Å². The van der Waals surface area contributed by atoms with Gasteiger partial charge >= 0.3 is 0 Å². The lowest BCUT2D eigenvalue weighted by Crippen LogP contribution is -2.21. The van der Waals surface area contributed by atoms with Gasteiger partial charge in [-0.1, -0.05) is 20.8 Å². The Kier molecular flexibility index (Phi) is 13.1. The second-order valence-corrected chi connectivity index (χ2v) is 3.25. The zero-order valence-electron chi connectivity index (χ0n) is 9.65. The molecule has 1 unspecified atom stereocenters. The first kappa shape index (κ1) is 14.4. The maximum Gasteiger partial charge on any atom is -0.00218 e. The van der Waals surface area contributed by atoms with Gasteiger partial charge in [0.1, 0.15) is 0 Å². The van der Waals surface area contributed by atoms with E-state index in [-0.39, 0.29) is 0 Å². The average Bonchev–Trinajstić information content (AvgIpc) is 2.05. The molecule has 0 aromatic heterocycles. The van der Waals surface area contributed by atoms with Gasteiger partial charge in [-0.2, -0.15) is 0 Å². The molecule has 12 heavy (non-hydrogen) atoms. The largest absolute Gasteiger partial charge is 0.319 e. The summed E-state index contributed by atoms with van der Waals surface area (Å²) in [5.41, 5.74) is 0. The third-order valence-corrected chi connectivity index (χ3v) is 1.62. The van der Waals surface area contributed by atoms with Gasteiger partial charge in [-0.15, -0.1) is 0 Å². The molecule has 0 aliphatic carbocycles. The molecular formula is C10H26N2. The van der Waals surface area contributed by atoms with Gasteiger partial charge in [0.05, 0.1) is 0 Å².